The van der Waals surface area contributed by atoms with Gasteiger partial charge in [0.1, 0.15) is 11.5 Å². The molecule has 3 heterocycles. The average Bonchev–Trinajstić information content (AvgIpc) is 3.00. The minimum atomic E-state index is -0.147. The number of imidazole rings is 1. The van der Waals surface area contributed by atoms with Gasteiger partial charge in [-0.25, -0.2) is 4.98 Å². The first-order chi connectivity index (χ1) is 11.1. The number of aromatic nitrogens is 3. The fourth-order valence-electron chi connectivity index (χ4n) is 3.71. The number of carbonyl (C=O) groups excluding carboxylic acids is 1. The maximum Gasteiger partial charge on any atom is 0.234 e. The number of rotatable bonds is 2. The summed E-state index contributed by atoms with van der Waals surface area (Å²) in [5, 5.41) is 11.0. The first-order valence-electron chi connectivity index (χ1n) is 7.94. The zero-order chi connectivity index (χ0) is 16.1. The topological polar surface area (TPSA) is 70.9 Å². The number of aryl methyl sites for hydroxylation is 2. The van der Waals surface area contributed by atoms with Gasteiger partial charge in [-0.1, -0.05) is 18.2 Å². The number of benzene rings is 1. The second-order valence-corrected chi connectivity index (χ2v) is 6.32. The van der Waals surface area contributed by atoms with Crippen molar-refractivity contribution in [3.63, 3.8) is 0 Å². The van der Waals surface area contributed by atoms with Gasteiger partial charge in [-0.15, -0.1) is 0 Å². The van der Waals surface area contributed by atoms with Crippen molar-refractivity contribution < 1.29 is 9.90 Å². The maximum absolute atomic E-state index is 13.0. The number of carbonyl (C=O) groups is 1. The molecule has 1 aromatic carbocycles. The van der Waals surface area contributed by atoms with Gasteiger partial charge in [0, 0.05) is 23.4 Å². The lowest BCUT2D eigenvalue weighted by Gasteiger charge is -2.23. The number of para-hydroxylation sites is 1. The van der Waals surface area contributed by atoms with Crippen molar-refractivity contribution >= 4 is 16.8 Å². The Morgan fingerprint density at radius 1 is 1.35 bits per heavy atom. The molecule has 1 aliphatic rings. The van der Waals surface area contributed by atoms with Crippen LogP contribution in [0, 0.1) is 19.8 Å². The summed E-state index contributed by atoms with van der Waals surface area (Å²) in [5.74, 6) is 0.709. The smallest absolute Gasteiger partial charge is 0.234 e. The summed E-state index contributed by atoms with van der Waals surface area (Å²) in [6, 6.07) is 8.05. The third-order valence-corrected chi connectivity index (χ3v) is 4.87. The molecular weight excluding hydrogens is 290 g/mol. The molecule has 1 atom stereocenters. The zero-order valence-corrected chi connectivity index (χ0v) is 13.3. The van der Waals surface area contributed by atoms with Crippen LogP contribution in [0.1, 0.15) is 34.0 Å². The fraction of sp³-hybridized carbons (Fsp3) is 0.333. The molecule has 5 nitrogen and oxygen atoms in total. The first-order valence-corrected chi connectivity index (χ1v) is 7.94. The minimum Gasteiger partial charge on any atom is -0.493 e. The summed E-state index contributed by atoms with van der Waals surface area (Å²) in [4.78, 5) is 20.1. The average molecular weight is 309 g/mol. The molecule has 1 aliphatic heterocycles. The van der Waals surface area contributed by atoms with E-state index in [0.29, 0.717) is 17.9 Å². The molecule has 2 aromatic heterocycles. The van der Waals surface area contributed by atoms with E-state index < -0.39 is 0 Å². The quantitative estimate of drug-likeness (QED) is 0.764. The van der Waals surface area contributed by atoms with E-state index in [1.165, 1.54) is 5.56 Å². The van der Waals surface area contributed by atoms with Crippen LogP contribution < -0.4 is 0 Å². The van der Waals surface area contributed by atoms with Crippen molar-refractivity contribution in [1.82, 2.24) is 14.5 Å². The van der Waals surface area contributed by atoms with Crippen LogP contribution in [0.4, 0.5) is 0 Å². The van der Waals surface area contributed by atoms with Gasteiger partial charge >= 0.3 is 0 Å². The Labute approximate surface area is 134 Å². The predicted octanol–water partition coefficient (Wildman–Crippen LogP) is 3.13. The molecule has 3 aromatic rings. The highest BCUT2D eigenvalue weighted by Crippen LogP contribution is 2.33. The lowest BCUT2D eigenvalue weighted by atomic mass is 9.92. The summed E-state index contributed by atoms with van der Waals surface area (Å²) in [7, 11) is 0. The van der Waals surface area contributed by atoms with E-state index in [9.17, 15) is 9.90 Å². The van der Waals surface area contributed by atoms with E-state index in [2.05, 4.69) is 23.0 Å². The Hall–Kier alpha value is -2.56. The second-order valence-electron chi connectivity index (χ2n) is 6.32. The van der Waals surface area contributed by atoms with E-state index in [-0.39, 0.29) is 17.7 Å². The molecule has 4 rings (SSSR count). The van der Waals surface area contributed by atoms with Crippen molar-refractivity contribution in [2.24, 2.45) is 5.92 Å². The lowest BCUT2D eigenvalue weighted by molar-refractivity contribution is 0.0808. The van der Waals surface area contributed by atoms with Gasteiger partial charge in [0.15, 0.2) is 0 Å². The van der Waals surface area contributed by atoms with E-state index >= 15 is 0 Å². The normalized spacial score (nSPS) is 17.7. The van der Waals surface area contributed by atoms with Crippen LogP contribution in [0.2, 0.25) is 0 Å². The summed E-state index contributed by atoms with van der Waals surface area (Å²) in [5.41, 5.74) is 3.88. The molecular formula is C18H19N3O2. The van der Waals surface area contributed by atoms with Crippen molar-refractivity contribution in [3.8, 4) is 5.88 Å². The van der Waals surface area contributed by atoms with Crippen LogP contribution in [0.25, 0.3) is 10.9 Å². The molecule has 0 amide bonds. The highest BCUT2D eigenvalue weighted by atomic mass is 16.3. The van der Waals surface area contributed by atoms with Gasteiger partial charge in [0.05, 0.1) is 5.52 Å². The van der Waals surface area contributed by atoms with Crippen LogP contribution in [-0.2, 0) is 12.8 Å². The van der Waals surface area contributed by atoms with Crippen molar-refractivity contribution in [3.05, 3.63) is 47.0 Å². The zero-order valence-electron chi connectivity index (χ0n) is 13.3. The van der Waals surface area contributed by atoms with Crippen LogP contribution in [0.5, 0.6) is 5.88 Å². The molecule has 2 N–H and O–H groups in total. The molecule has 0 saturated heterocycles. The van der Waals surface area contributed by atoms with Crippen molar-refractivity contribution in [2.45, 2.75) is 33.1 Å². The first kappa shape index (κ1) is 14.1. The van der Waals surface area contributed by atoms with Crippen molar-refractivity contribution in [2.75, 3.05) is 0 Å². The Kier molecular flexibility index (Phi) is 3.04. The predicted molar refractivity (Wildman–Crippen MR) is 87.8 cm³/mol. The number of aromatic amines is 1. The molecule has 0 saturated carbocycles. The molecule has 0 spiro atoms. The SMILES string of the molecule is Cc1nc(CC2CCc3c(C)c4ccccc4n3C2=O)c(O)[nH]1. The van der Waals surface area contributed by atoms with Gasteiger partial charge in [-0.05, 0) is 38.3 Å². The summed E-state index contributed by atoms with van der Waals surface area (Å²) < 4.78 is 1.87. The minimum absolute atomic E-state index is 0.0784. The van der Waals surface area contributed by atoms with Gasteiger partial charge in [0.2, 0.25) is 11.8 Å². The largest absolute Gasteiger partial charge is 0.493 e. The molecule has 0 radical (unpaired) electrons. The van der Waals surface area contributed by atoms with Gasteiger partial charge in [-0.3, -0.25) is 9.36 Å². The van der Waals surface area contributed by atoms with E-state index in [1.807, 2.05) is 22.8 Å². The van der Waals surface area contributed by atoms with E-state index in [4.69, 9.17) is 0 Å². The number of H-pyrrole nitrogens is 1. The van der Waals surface area contributed by atoms with Gasteiger partial charge in [0.25, 0.3) is 0 Å². The monoisotopic (exact) mass is 309 g/mol. The standard InChI is InChI=1S/C18H19N3O2/c1-10-13-5-3-4-6-16(13)21-15(10)8-7-12(18(21)23)9-14-17(22)20-11(2)19-14/h3-6,12,22H,7-9H2,1-2H3,(H,19,20). The maximum atomic E-state index is 13.0. The van der Waals surface area contributed by atoms with E-state index in [0.717, 1.165) is 29.4 Å². The third-order valence-electron chi connectivity index (χ3n) is 4.87. The Morgan fingerprint density at radius 3 is 2.87 bits per heavy atom. The van der Waals surface area contributed by atoms with Crippen molar-refractivity contribution in [1.29, 1.82) is 0 Å². The molecule has 1 unspecified atom stereocenters. The van der Waals surface area contributed by atoms with Crippen LogP contribution in [0.15, 0.2) is 24.3 Å². The summed E-state index contributed by atoms with van der Waals surface area (Å²) in [6.45, 7) is 3.89. The Bertz CT molecular complexity index is 920. The fourth-order valence-corrected chi connectivity index (χ4v) is 3.71. The number of nitrogens with one attached hydrogen (secondary N) is 1. The summed E-state index contributed by atoms with van der Waals surface area (Å²) >= 11 is 0. The van der Waals surface area contributed by atoms with Crippen LogP contribution in [0.3, 0.4) is 0 Å². The molecule has 0 bridgehead atoms. The van der Waals surface area contributed by atoms with Gasteiger partial charge in [-0.2, -0.15) is 0 Å². The number of fused-ring (bicyclic) bond motifs is 3. The third kappa shape index (κ3) is 2.07. The van der Waals surface area contributed by atoms with E-state index in [1.54, 1.807) is 6.92 Å². The molecule has 0 aliphatic carbocycles. The number of nitrogens with zero attached hydrogens (tertiary/aromatic N) is 2. The van der Waals surface area contributed by atoms with Crippen LogP contribution in [-0.4, -0.2) is 25.5 Å². The Balaban J connectivity index is 1.75. The van der Waals surface area contributed by atoms with Gasteiger partial charge < -0.3 is 10.1 Å². The molecule has 118 valence electrons. The summed E-state index contributed by atoms with van der Waals surface area (Å²) in [6.07, 6.45) is 2.14. The number of aromatic hydroxyl groups is 1. The molecule has 5 heteroatoms. The second kappa shape index (κ2) is 4.98. The number of hydrogen-bond donors (Lipinski definition) is 2. The Morgan fingerprint density at radius 2 is 2.13 bits per heavy atom. The lowest BCUT2D eigenvalue weighted by Crippen LogP contribution is -2.30. The molecule has 23 heavy (non-hydrogen) atoms. The molecule has 0 fully saturated rings. The number of hydrogen-bond acceptors (Lipinski definition) is 3. The highest BCUT2D eigenvalue weighted by molar-refractivity contribution is 5.97. The van der Waals surface area contributed by atoms with Crippen LogP contribution >= 0.6 is 0 Å². The highest BCUT2D eigenvalue weighted by Gasteiger charge is 2.31.